The van der Waals surface area contributed by atoms with E-state index in [1.54, 1.807) is 6.20 Å². The van der Waals surface area contributed by atoms with E-state index in [1.807, 2.05) is 12.3 Å². The Balaban J connectivity index is 2.10. The van der Waals surface area contributed by atoms with Crippen molar-refractivity contribution in [2.75, 3.05) is 0 Å². The van der Waals surface area contributed by atoms with Crippen molar-refractivity contribution in [2.45, 2.75) is 32.1 Å². The summed E-state index contributed by atoms with van der Waals surface area (Å²) in [4.78, 5) is 4.19. The molecule has 1 N–H and O–H groups in total. The number of alkyl halides is 3. The van der Waals surface area contributed by atoms with Gasteiger partial charge in [-0.25, -0.2) is 9.37 Å². The second-order valence-corrected chi connectivity index (χ2v) is 5.45. The maximum Gasteiger partial charge on any atom is 0.419 e. The molecule has 1 aromatic carbocycles. The van der Waals surface area contributed by atoms with Crippen LogP contribution in [0.3, 0.4) is 0 Å². The molecule has 114 valence electrons. The smallest absolute Gasteiger partial charge is 0.304 e. The first-order valence-corrected chi connectivity index (χ1v) is 7.28. The summed E-state index contributed by atoms with van der Waals surface area (Å²) in [5.74, 6) is -1.25. The lowest BCUT2D eigenvalue weighted by atomic mass is 10.1. The third-order valence-corrected chi connectivity index (χ3v) is 3.94. The first kappa shape index (κ1) is 15.9. The molecule has 0 saturated carbocycles. The third kappa shape index (κ3) is 4.01. The van der Waals surface area contributed by atoms with E-state index < -0.39 is 17.6 Å². The van der Waals surface area contributed by atoms with Gasteiger partial charge in [0.1, 0.15) is 10.8 Å². The molecule has 1 heterocycles. The van der Waals surface area contributed by atoms with Gasteiger partial charge in [-0.15, -0.1) is 11.3 Å². The fraction of sp³-hybridized carbons (Fsp3) is 0.357. The van der Waals surface area contributed by atoms with Crippen molar-refractivity contribution in [3.63, 3.8) is 0 Å². The lowest BCUT2D eigenvalue weighted by molar-refractivity contribution is -0.140. The van der Waals surface area contributed by atoms with Gasteiger partial charge in [-0.2, -0.15) is 13.2 Å². The van der Waals surface area contributed by atoms with Gasteiger partial charge in [0.05, 0.1) is 11.6 Å². The number of rotatable bonds is 5. The van der Waals surface area contributed by atoms with E-state index >= 15 is 0 Å². The van der Waals surface area contributed by atoms with Crippen molar-refractivity contribution >= 4 is 11.3 Å². The van der Waals surface area contributed by atoms with Crippen LogP contribution in [0.1, 0.15) is 35.5 Å². The number of nitrogens with zero attached hydrogens (tertiary/aromatic N) is 1. The van der Waals surface area contributed by atoms with Crippen molar-refractivity contribution in [3.05, 3.63) is 51.7 Å². The molecule has 0 aliphatic rings. The molecule has 7 heteroatoms. The summed E-state index contributed by atoms with van der Waals surface area (Å²) in [5.41, 5.74) is -0.845. The molecule has 0 bridgehead atoms. The Hall–Kier alpha value is -1.47. The average Bonchev–Trinajstić information content (AvgIpc) is 2.94. The molecule has 0 fully saturated rings. The monoisotopic (exact) mass is 318 g/mol. The Morgan fingerprint density at radius 3 is 2.67 bits per heavy atom. The molecular weight excluding hydrogens is 304 g/mol. The third-order valence-electron chi connectivity index (χ3n) is 3.05. The van der Waals surface area contributed by atoms with Gasteiger partial charge in [-0.1, -0.05) is 13.0 Å². The SMILES string of the molecule is CCC(NCc1ccc(F)c(C(F)(F)F)c1)c1nccs1. The summed E-state index contributed by atoms with van der Waals surface area (Å²) in [6.45, 7) is 2.19. The molecule has 1 unspecified atom stereocenters. The molecule has 0 spiro atoms. The molecule has 1 atom stereocenters. The minimum absolute atomic E-state index is 0.0237. The van der Waals surface area contributed by atoms with Crippen LogP contribution in [0.15, 0.2) is 29.8 Å². The highest BCUT2D eigenvalue weighted by Crippen LogP contribution is 2.32. The van der Waals surface area contributed by atoms with Crippen molar-refractivity contribution in [1.82, 2.24) is 10.3 Å². The molecule has 0 amide bonds. The van der Waals surface area contributed by atoms with Crippen LogP contribution in [0.4, 0.5) is 17.6 Å². The minimum atomic E-state index is -4.68. The Kier molecular flexibility index (Phi) is 4.95. The van der Waals surface area contributed by atoms with E-state index in [4.69, 9.17) is 0 Å². The molecule has 0 aliphatic heterocycles. The predicted octanol–water partition coefficient (Wildman–Crippen LogP) is 4.54. The summed E-state index contributed by atoms with van der Waals surface area (Å²) in [6, 6.07) is 3.03. The summed E-state index contributed by atoms with van der Waals surface area (Å²) >= 11 is 1.49. The second-order valence-electron chi connectivity index (χ2n) is 4.52. The first-order valence-electron chi connectivity index (χ1n) is 6.40. The van der Waals surface area contributed by atoms with E-state index in [0.29, 0.717) is 5.56 Å². The average molecular weight is 318 g/mol. The molecule has 2 nitrogen and oxygen atoms in total. The molecule has 2 aromatic rings. The molecule has 0 saturated heterocycles. The van der Waals surface area contributed by atoms with Gasteiger partial charge in [0.2, 0.25) is 0 Å². The molecular formula is C14H14F4N2S. The lowest BCUT2D eigenvalue weighted by Crippen LogP contribution is -2.20. The standard InChI is InChI=1S/C14H14F4N2S/c1-2-12(13-19-5-6-21-13)20-8-9-3-4-11(15)10(7-9)14(16,17)18/h3-7,12,20H,2,8H2,1H3. The maximum absolute atomic E-state index is 13.2. The second kappa shape index (κ2) is 6.53. The van der Waals surface area contributed by atoms with Crippen molar-refractivity contribution in [3.8, 4) is 0 Å². The summed E-state index contributed by atoms with van der Waals surface area (Å²) in [5, 5.41) is 5.88. The van der Waals surface area contributed by atoms with Crippen LogP contribution >= 0.6 is 11.3 Å². The van der Waals surface area contributed by atoms with Gasteiger partial charge in [0.15, 0.2) is 0 Å². The number of thiazole rings is 1. The highest BCUT2D eigenvalue weighted by Gasteiger charge is 2.34. The number of hydrogen-bond donors (Lipinski definition) is 1. The van der Waals surface area contributed by atoms with Crippen LogP contribution in [0.5, 0.6) is 0 Å². The predicted molar refractivity (Wildman–Crippen MR) is 73.4 cm³/mol. The van der Waals surface area contributed by atoms with Gasteiger partial charge in [0.25, 0.3) is 0 Å². The Bertz CT molecular complexity index is 581. The molecule has 0 radical (unpaired) electrons. The quantitative estimate of drug-likeness (QED) is 0.819. The minimum Gasteiger partial charge on any atom is -0.304 e. The van der Waals surface area contributed by atoms with Crippen LogP contribution in [0.25, 0.3) is 0 Å². The number of aromatic nitrogens is 1. The Morgan fingerprint density at radius 2 is 2.10 bits per heavy atom. The zero-order valence-corrected chi connectivity index (χ0v) is 12.1. The first-order chi connectivity index (χ1) is 9.91. The van der Waals surface area contributed by atoms with E-state index in [0.717, 1.165) is 23.6 Å². The zero-order chi connectivity index (χ0) is 15.5. The van der Waals surface area contributed by atoms with E-state index in [2.05, 4.69) is 10.3 Å². The normalized spacial score (nSPS) is 13.4. The van der Waals surface area contributed by atoms with Crippen molar-refractivity contribution in [1.29, 1.82) is 0 Å². The lowest BCUT2D eigenvalue weighted by Gasteiger charge is -2.15. The van der Waals surface area contributed by atoms with E-state index in [1.165, 1.54) is 17.4 Å². The Morgan fingerprint density at radius 1 is 1.33 bits per heavy atom. The fourth-order valence-electron chi connectivity index (χ4n) is 1.95. The molecule has 1 aromatic heterocycles. The number of benzene rings is 1. The highest BCUT2D eigenvalue weighted by molar-refractivity contribution is 7.09. The zero-order valence-electron chi connectivity index (χ0n) is 11.2. The van der Waals surface area contributed by atoms with Gasteiger partial charge < -0.3 is 5.32 Å². The number of hydrogen-bond acceptors (Lipinski definition) is 3. The highest BCUT2D eigenvalue weighted by atomic mass is 32.1. The summed E-state index contributed by atoms with van der Waals surface area (Å²) in [6.07, 6.45) is -2.23. The van der Waals surface area contributed by atoms with Crippen molar-refractivity contribution < 1.29 is 17.6 Å². The van der Waals surface area contributed by atoms with Crippen LogP contribution in [-0.2, 0) is 12.7 Å². The number of nitrogens with one attached hydrogen (secondary N) is 1. The van der Waals surface area contributed by atoms with Crippen LogP contribution in [0, 0.1) is 5.82 Å². The van der Waals surface area contributed by atoms with Crippen LogP contribution in [0.2, 0.25) is 0 Å². The number of halogens is 4. The van der Waals surface area contributed by atoms with Gasteiger partial charge in [0, 0.05) is 18.1 Å². The molecule has 21 heavy (non-hydrogen) atoms. The summed E-state index contributed by atoms with van der Waals surface area (Å²) in [7, 11) is 0. The molecule has 2 rings (SSSR count). The Labute approximate surface area is 123 Å². The van der Waals surface area contributed by atoms with Gasteiger partial charge in [-0.05, 0) is 24.1 Å². The van der Waals surface area contributed by atoms with Gasteiger partial charge >= 0.3 is 6.18 Å². The van der Waals surface area contributed by atoms with Crippen LogP contribution in [-0.4, -0.2) is 4.98 Å². The fourth-order valence-corrected chi connectivity index (χ4v) is 2.75. The molecule has 0 aliphatic carbocycles. The maximum atomic E-state index is 13.2. The van der Waals surface area contributed by atoms with E-state index in [9.17, 15) is 17.6 Å². The van der Waals surface area contributed by atoms with E-state index in [-0.39, 0.29) is 12.6 Å². The van der Waals surface area contributed by atoms with Gasteiger partial charge in [-0.3, -0.25) is 0 Å². The topological polar surface area (TPSA) is 24.9 Å². The largest absolute Gasteiger partial charge is 0.419 e. The van der Waals surface area contributed by atoms with Crippen LogP contribution < -0.4 is 5.32 Å². The summed E-state index contributed by atoms with van der Waals surface area (Å²) < 4.78 is 51.1. The van der Waals surface area contributed by atoms with Crippen molar-refractivity contribution in [2.24, 2.45) is 0 Å².